The molecule has 0 spiro atoms. The Balaban J connectivity index is 1.51. The first-order chi connectivity index (χ1) is 11.6. The Morgan fingerprint density at radius 3 is 2.88 bits per heavy atom. The zero-order valence-electron chi connectivity index (χ0n) is 12.6. The molecule has 1 aromatic heterocycles. The number of anilines is 1. The lowest BCUT2D eigenvalue weighted by atomic mass is 10.2. The van der Waals surface area contributed by atoms with Crippen molar-refractivity contribution in [2.75, 3.05) is 11.4 Å². The Labute approximate surface area is 141 Å². The molecule has 1 saturated heterocycles. The molecule has 0 N–H and O–H groups in total. The Bertz CT molecular complexity index is 805. The zero-order chi connectivity index (χ0) is 16.7. The van der Waals surface area contributed by atoms with Crippen LogP contribution in [0, 0.1) is 10.1 Å². The highest BCUT2D eigenvalue weighted by Crippen LogP contribution is 2.39. The molecule has 4 rings (SSSR count). The maximum Gasteiger partial charge on any atom is 0.271 e. The predicted octanol–water partition coefficient (Wildman–Crippen LogP) is 1.81. The average Bonchev–Trinajstić information content (AvgIpc) is 3.22. The number of benzene rings is 1. The lowest BCUT2D eigenvalue weighted by molar-refractivity contribution is -0.384. The van der Waals surface area contributed by atoms with Crippen molar-refractivity contribution < 1.29 is 9.72 Å². The summed E-state index contributed by atoms with van der Waals surface area (Å²) in [4.78, 5) is 24.7. The Morgan fingerprint density at radius 2 is 2.12 bits per heavy atom. The van der Waals surface area contributed by atoms with Gasteiger partial charge in [0.2, 0.25) is 11.1 Å². The van der Waals surface area contributed by atoms with Gasteiger partial charge >= 0.3 is 0 Å². The van der Waals surface area contributed by atoms with E-state index in [9.17, 15) is 14.9 Å². The second kappa shape index (κ2) is 5.86. The van der Waals surface area contributed by atoms with E-state index in [0.717, 1.165) is 12.8 Å². The summed E-state index contributed by atoms with van der Waals surface area (Å²) in [6.07, 6.45) is 2.79. The van der Waals surface area contributed by atoms with E-state index >= 15 is 0 Å². The minimum Gasteiger partial charge on any atom is -0.311 e. The molecular weight excluding hydrogens is 332 g/mol. The molecule has 2 fully saturated rings. The van der Waals surface area contributed by atoms with E-state index < -0.39 is 4.92 Å². The second-order valence-corrected chi connectivity index (χ2v) is 6.97. The van der Waals surface area contributed by atoms with Crippen LogP contribution in [0.5, 0.6) is 0 Å². The number of thioether (sulfide) groups is 1. The Morgan fingerprint density at radius 1 is 1.29 bits per heavy atom. The van der Waals surface area contributed by atoms with Gasteiger partial charge < -0.3 is 4.90 Å². The highest BCUT2D eigenvalue weighted by Gasteiger charge is 2.36. The fraction of sp³-hybridized carbons (Fsp3) is 0.429. The molecule has 2 aliphatic rings. The van der Waals surface area contributed by atoms with Gasteiger partial charge in [0.15, 0.2) is 0 Å². The van der Waals surface area contributed by atoms with Gasteiger partial charge in [0, 0.05) is 18.7 Å². The molecule has 9 nitrogen and oxygen atoms in total. The molecule has 0 radical (unpaired) electrons. The summed E-state index contributed by atoms with van der Waals surface area (Å²) in [7, 11) is 0. The number of rotatable bonds is 5. The first-order valence-corrected chi connectivity index (χ1v) is 8.52. The van der Waals surface area contributed by atoms with E-state index in [2.05, 4.69) is 15.5 Å². The van der Waals surface area contributed by atoms with E-state index in [1.807, 2.05) is 0 Å². The van der Waals surface area contributed by atoms with Crippen LogP contribution in [0.25, 0.3) is 0 Å². The number of hydrogen-bond donors (Lipinski definition) is 0. The molecule has 0 bridgehead atoms. The molecule has 10 heteroatoms. The van der Waals surface area contributed by atoms with E-state index in [1.54, 1.807) is 21.7 Å². The number of nitro groups is 1. The Hall–Kier alpha value is -2.49. The lowest BCUT2D eigenvalue weighted by Gasteiger charge is -2.16. The van der Waals surface area contributed by atoms with Gasteiger partial charge in [-0.1, -0.05) is 17.8 Å². The molecule has 24 heavy (non-hydrogen) atoms. The molecule has 2 aromatic rings. The third-order valence-electron chi connectivity index (χ3n) is 4.11. The van der Waals surface area contributed by atoms with Crippen LogP contribution in [0.15, 0.2) is 29.4 Å². The summed E-state index contributed by atoms with van der Waals surface area (Å²) in [6.45, 7) is 0.530. The van der Waals surface area contributed by atoms with Crippen LogP contribution >= 0.6 is 11.8 Å². The number of hydrogen-bond acceptors (Lipinski definition) is 7. The molecule has 1 aliphatic carbocycles. The quantitative estimate of drug-likeness (QED) is 0.600. The van der Waals surface area contributed by atoms with E-state index in [-0.39, 0.29) is 16.8 Å². The van der Waals surface area contributed by atoms with Crippen molar-refractivity contribution >= 4 is 29.0 Å². The largest absolute Gasteiger partial charge is 0.311 e. The zero-order valence-corrected chi connectivity index (χ0v) is 13.4. The summed E-state index contributed by atoms with van der Waals surface area (Å²) in [6, 6.07) is 6.51. The molecule has 2 heterocycles. The van der Waals surface area contributed by atoms with E-state index in [1.165, 1.54) is 23.9 Å². The number of nitrogens with zero attached hydrogens (tertiary/aromatic N) is 6. The molecule has 124 valence electrons. The summed E-state index contributed by atoms with van der Waals surface area (Å²) < 4.78 is 1.79. The van der Waals surface area contributed by atoms with Crippen molar-refractivity contribution in [3.8, 4) is 0 Å². The van der Waals surface area contributed by atoms with Crippen LogP contribution in [-0.4, -0.2) is 42.8 Å². The summed E-state index contributed by atoms with van der Waals surface area (Å²) in [5, 5.41) is 23.0. The topological polar surface area (TPSA) is 107 Å². The van der Waals surface area contributed by atoms with Crippen molar-refractivity contribution in [3.63, 3.8) is 0 Å². The summed E-state index contributed by atoms with van der Waals surface area (Å²) in [5.41, 5.74) is 0.535. The third kappa shape index (κ3) is 2.73. The molecule has 1 atom stereocenters. The monoisotopic (exact) mass is 346 g/mol. The smallest absolute Gasteiger partial charge is 0.271 e. The highest BCUT2D eigenvalue weighted by molar-refractivity contribution is 8.00. The molecule has 1 aromatic carbocycles. The van der Waals surface area contributed by atoms with Crippen LogP contribution in [0.4, 0.5) is 11.4 Å². The molecular formula is C14H14N6O3S. The van der Waals surface area contributed by atoms with Crippen LogP contribution in [-0.2, 0) is 4.79 Å². The van der Waals surface area contributed by atoms with E-state index in [0.29, 0.717) is 29.9 Å². The number of non-ortho nitro benzene ring substituents is 1. The maximum absolute atomic E-state index is 12.7. The van der Waals surface area contributed by atoms with Gasteiger partial charge in [-0.2, -0.15) is 0 Å². The SMILES string of the molecule is O=C1C(Sc2nnnn2C2CC2)CCN1c1cccc([N+](=O)[O-])c1. The standard InChI is InChI=1S/C14H14N6O3S/c21-13-12(24-14-15-16-17-19(14)9-4-5-9)6-7-18(13)10-2-1-3-11(8-10)20(22)23/h1-3,8-9,12H,4-7H2. The van der Waals surface area contributed by atoms with Gasteiger partial charge in [0.1, 0.15) is 0 Å². The van der Waals surface area contributed by atoms with Gasteiger partial charge in [0.05, 0.1) is 21.9 Å². The summed E-state index contributed by atoms with van der Waals surface area (Å²) >= 11 is 1.37. The number of carbonyl (C=O) groups excluding carboxylic acids is 1. The van der Waals surface area contributed by atoms with Crippen molar-refractivity contribution in [3.05, 3.63) is 34.4 Å². The third-order valence-corrected chi connectivity index (χ3v) is 5.31. The van der Waals surface area contributed by atoms with E-state index in [4.69, 9.17) is 0 Å². The van der Waals surface area contributed by atoms with Crippen LogP contribution in [0.2, 0.25) is 0 Å². The lowest BCUT2D eigenvalue weighted by Crippen LogP contribution is -2.28. The fourth-order valence-electron chi connectivity index (χ4n) is 2.73. The number of nitro benzene ring substituents is 1. The fourth-order valence-corrected chi connectivity index (χ4v) is 3.82. The second-order valence-electron chi connectivity index (χ2n) is 5.80. The average molecular weight is 346 g/mol. The minimum absolute atomic E-state index is 0.0194. The predicted molar refractivity (Wildman–Crippen MR) is 85.8 cm³/mol. The van der Waals surface area contributed by atoms with Gasteiger partial charge in [0.25, 0.3) is 5.69 Å². The molecule has 1 saturated carbocycles. The van der Waals surface area contributed by atoms with Crippen LogP contribution in [0.1, 0.15) is 25.3 Å². The first-order valence-electron chi connectivity index (χ1n) is 7.64. The van der Waals surface area contributed by atoms with Crippen molar-refractivity contribution in [1.82, 2.24) is 20.2 Å². The number of tetrazole rings is 1. The molecule has 1 aliphatic heterocycles. The van der Waals surface area contributed by atoms with Gasteiger partial charge in [-0.3, -0.25) is 14.9 Å². The Kier molecular flexibility index (Phi) is 3.68. The number of aromatic nitrogens is 4. The normalized spacial score (nSPS) is 20.6. The highest BCUT2D eigenvalue weighted by atomic mass is 32.2. The maximum atomic E-state index is 12.7. The number of carbonyl (C=O) groups is 1. The van der Waals surface area contributed by atoms with Gasteiger partial charge in [-0.05, 0) is 35.8 Å². The molecule has 1 amide bonds. The van der Waals surface area contributed by atoms with Crippen LogP contribution < -0.4 is 4.90 Å². The number of amides is 1. The van der Waals surface area contributed by atoms with Crippen molar-refractivity contribution in [1.29, 1.82) is 0 Å². The van der Waals surface area contributed by atoms with Gasteiger partial charge in [-0.15, -0.1) is 5.10 Å². The van der Waals surface area contributed by atoms with Crippen LogP contribution in [0.3, 0.4) is 0 Å². The minimum atomic E-state index is -0.458. The van der Waals surface area contributed by atoms with Gasteiger partial charge in [-0.25, -0.2) is 4.68 Å². The van der Waals surface area contributed by atoms with Crippen molar-refractivity contribution in [2.45, 2.75) is 35.7 Å². The first kappa shape index (κ1) is 15.1. The molecule has 1 unspecified atom stereocenters. The summed E-state index contributed by atoms with van der Waals surface area (Å²) in [5.74, 6) is -0.0640. The van der Waals surface area contributed by atoms with Crippen molar-refractivity contribution in [2.24, 2.45) is 0 Å².